The highest BCUT2D eigenvalue weighted by atomic mass is 32.2. The van der Waals surface area contributed by atoms with Crippen molar-refractivity contribution in [2.24, 2.45) is 0 Å². The molecule has 1 N–H and O–H groups in total. The second-order valence-electron chi connectivity index (χ2n) is 5.92. The standard InChI is InChI=1S/C17H23N3OS/c1-12-9-13(2)19-17(15(12)10-18)22-11-16(21)20-14-7-5-3-4-6-8-14/h9,14H,3-8,11H2,1-2H3,(H,20,21). The first-order chi connectivity index (χ1) is 10.6. The molecule has 1 aromatic heterocycles. The molecule has 1 saturated carbocycles. The molecule has 0 saturated heterocycles. The number of hydrogen-bond acceptors (Lipinski definition) is 4. The van der Waals surface area contributed by atoms with Crippen molar-refractivity contribution >= 4 is 17.7 Å². The molecule has 2 rings (SSSR count). The summed E-state index contributed by atoms with van der Waals surface area (Å²) < 4.78 is 0. The Morgan fingerprint density at radius 2 is 2.05 bits per heavy atom. The van der Waals surface area contributed by atoms with Gasteiger partial charge in [-0.05, 0) is 38.3 Å². The van der Waals surface area contributed by atoms with Crippen LogP contribution in [0.4, 0.5) is 0 Å². The Hall–Kier alpha value is -1.54. The Morgan fingerprint density at radius 1 is 1.36 bits per heavy atom. The quantitative estimate of drug-likeness (QED) is 0.682. The fourth-order valence-corrected chi connectivity index (χ4v) is 3.78. The van der Waals surface area contributed by atoms with Crippen LogP contribution >= 0.6 is 11.8 Å². The van der Waals surface area contributed by atoms with Crippen molar-refractivity contribution in [3.8, 4) is 6.07 Å². The SMILES string of the molecule is Cc1cc(C)c(C#N)c(SCC(=O)NC2CCCCCC2)n1. The van der Waals surface area contributed by atoms with E-state index in [-0.39, 0.29) is 5.91 Å². The summed E-state index contributed by atoms with van der Waals surface area (Å²) in [6.07, 6.45) is 7.13. The van der Waals surface area contributed by atoms with Gasteiger partial charge >= 0.3 is 0 Å². The van der Waals surface area contributed by atoms with E-state index in [9.17, 15) is 10.1 Å². The van der Waals surface area contributed by atoms with Crippen LogP contribution in [0.15, 0.2) is 11.1 Å². The number of aromatic nitrogens is 1. The molecule has 0 radical (unpaired) electrons. The molecule has 1 amide bonds. The van der Waals surface area contributed by atoms with Gasteiger partial charge in [0.15, 0.2) is 0 Å². The summed E-state index contributed by atoms with van der Waals surface area (Å²) >= 11 is 1.36. The van der Waals surface area contributed by atoms with E-state index in [2.05, 4.69) is 16.4 Å². The third kappa shape index (κ3) is 4.74. The lowest BCUT2D eigenvalue weighted by molar-refractivity contribution is -0.119. The zero-order chi connectivity index (χ0) is 15.9. The molecule has 0 bridgehead atoms. The lowest BCUT2D eigenvalue weighted by atomic mass is 10.1. The summed E-state index contributed by atoms with van der Waals surface area (Å²) in [6.45, 7) is 3.81. The lowest BCUT2D eigenvalue weighted by Gasteiger charge is -2.16. The average Bonchev–Trinajstić information content (AvgIpc) is 2.73. The smallest absolute Gasteiger partial charge is 0.230 e. The van der Waals surface area contributed by atoms with E-state index in [1.165, 1.54) is 37.4 Å². The molecule has 0 spiro atoms. The Bertz CT molecular complexity index is 572. The minimum Gasteiger partial charge on any atom is -0.353 e. The molecule has 1 heterocycles. The van der Waals surface area contributed by atoms with E-state index in [4.69, 9.17) is 0 Å². The maximum absolute atomic E-state index is 12.1. The zero-order valence-electron chi connectivity index (χ0n) is 13.3. The largest absolute Gasteiger partial charge is 0.353 e. The van der Waals surface area contributed by atoms with Crippen LogP contribution < -0.4 is 5.32 Å². The van der Waals surface area contributed by atoms with Gasteiger partial charge < -0.3 is 5.32 Å². The molecule has 0 unspecified atom stereocenters. The van der Waals surface area contributed by atoms with Gasteiger partial charge in [-0.2, -0.15) is 5.26 Å². The molecule has 1 aliphatic rings. The van der Waals surface area contributed by atoms with E-state index in [0.29, 0.717) is 22.4 Å². The number of nitriles is 1. The number of hydrogen-bond donors (Lipinski definition) is 1. The number of carbonyl (C=O) groups excluding carboxylic acids is 1. The van der Waals surface area contributed by atoms with Gasteiger partial charge in [0.2, 0.25) is 5.91 Å². The van der Waals surface area contributed by atoms with Gasteiger partial charge in [0.1, 0.15) is 11.1 Å². The molecule has 1 aliphatic carbocycles. The van der Waals surface area contributed by atoms with Crippen LogP contribution in [0.3, 0.4) is 0 Å². The lowest BCUT2D eigenvalue weighted by Crippen LogP contribution is -2.35. The number of nitrogens with zero attached hydrogens (tertiary/aromatic N) is 2. The summed E-state index contributed by atoms with van der Waals surface area (Å²) in [5.41, 5.74) is 2.38. The Labute approximate surface area is 136 Å². The van der Waals surface area contributed by atoms with Crippen LogP contribution in [0.2, 0.25) is 0 Å². The summed E-state index contributed by atoms with van der Waals surface area (Å²) in [6, 6.07) is 4.40. The van der Waals surface area contributed by atoms with E-state index in [0.717, 1.165) is 24.1 Å². The topological polar surface area (TPSA) is 65.8 Å². The van der Waals surface area contributed by atoms with E-state index >= 15 is 0 Å². The molecule has 0 aliphatic heterocycles. The number of amides is 1. The molecule has 4 nitrogen and oxygen atoms in total. The summed E-state index contributed by atoms with van der Waals surface area (Å²) in [7, 11) is 0. The third-order valence-corrected chi connectivity index (χ3v) is 4.96. The first-order valence-electron chi connectivity index (χ1n) is 7.90. The summed E-state index contributed by atoms with van der Waals surface area (Å²) in [5.74, 6) is 0.364. The molecule has 0 atom stereocenters. The van der Waals surface area contributed by atoms with Crippen LogP contribution in [0.1, 0.15) is 55.3 Å². The molecule has 118 valence electrons. The first-order valence-corrected chi connectivity index (χ1v) is 8.89. The van der Waals surface area contributed by atoms with Crippen LogP contribution in [0, 0.1) is 25.2 Å². The highest BCUT2D eigenvalue weighted by Crippen LogP contribution is 2.23. The van der Waals surface area contributed by atoms with E-state index < -0.39 is 0 Å². The second kappa shape index (κ2) is 8.19. The average molecular weight is 317 g/mol. The van der Waals surface area contributed by atoms with E-state index in [1.807, 2.05) is 19.9 Å². The monoisotopic (exact) mass is 317 g/mol. The normalized spacial score (nSPS) is 15.9. The van der Waals surface area contributed by atoms with Crippen LogP contribution in [0.25, 0.3) is 0 Å². The highest BCUT2D eigenvalue weighted by Gasteiger charge is 2.16. The van der Waals surface area contributed by atoms with Crippen molar-refractivity contribution in [3.63, 3.8) is 0 Å². The zero-order valence-corrected chi connectivity index (χ0v) is 14.1. The fraction of sp³-hybridized carbons (Fsp3) is 0.588. The Kier molecular flexibility index (Phi) is 6.26. The van der Waals surface area contributed by atoms with Crippen molar-refractivity contribution < 1.29 is 4.79 Å². The van der Waals surface area contributed by atoms with Crippen molar-refractivity contribution in [2.75, 3.05) is 5.75 Å². The number of thioether (sulfide) groups is 1. The van der Waals surface area contributed by atoms with Crippen molar-refractivity contribution in [1.82, 2.24) is 10.3 Å². The number of carbonyl (C=O) groups is 1. The number of pyridine rings is 1. The van der Waals surface area contributed by atoms with Gasteiger partial charge in [0.25, 0.3) is 0 Å². The molecule has 0 aromatic carbocycles. The maximum atomic E-state index is 12.1. The van der Waals surface area contributed by atoms with Crippen molar-refractivity contribution in [2.45, 2.75) is 63.4 Å². The van der Waals surface area contributed by atoms with Crippen LogP contribution in [-0.4, -0.2) is 22.7 Å². The summed E-state index contributed by atoms with van der Waals surface area (Å²) in [4.78, 5) is 16.5. The van der Waals surface area contributed by atoms with Crippen LogP contribution in [0.5, 0.6) is 0 Å². The van der Waals surface area contributed by atoms with Gasteiger partial charge in [0.05, 0.1) is 11.3 Å². The molecule has 22 heavy (non-hydrogen) atoms. The number of rotatable bonds is 4. The van der Waals surface area contributed by atoms with E-state index in [1.54, 1.807) is 0 Å². The minimum atomic E-state index is 0.0433. The fourth-order valence-electron chi connectivity index (χ4n) is 2.87. The third-order valence-electron chi connectivity index (χ3n) is 3.98. The van der Waals surface area contributed by atoms with Gasteiger partial charge in [0, 0.05) is 11.7 Å². The highest BCUT2D eigenvalue weighted by molar-refractivity contribution is 8.00. The predicted octanol–water partition coefficient (Wildman–Crippen LogP) is 3.50. The van der Waals surface area contributed by atoms with Crippen LogP contribution in [-0.2, 0) is 4.79 Å². The number of aryl methyl sites for hydroxylation is 2. The molecule has 5 heteroatoms. The van der Waals surface area contributed by atoms with Gasteiger partial charge in [-0.1, -0.05) is 37.4 Å². The van der Waals surface area contributed by atoms with Crippen molar-refractivity contribution in [1.29, 1.82) is 5.26 Å². The Balaban J connectivity index is 1.92. The predicted molar refractivity (Wildman–Crippen MR) is 88.8 cm³/mol. The van der Waals surface area contributed by atoms with Gasteiger partial charge in [-0.3, -0.25) is 4.79 Å². The molecule has 1 aromatic rings. The molecular formula is C17H23N3OS. The minimum absolute atomic E-state index is 0.0433. The van der Waals surface area contributed by atoms with Crippen molar-refractivity contribution in [3.05, 3.63) is 22.9 Å². The van der Waals surface area contributed by atoms with Gasteiger partial charge in [-0.15, -0.1) is 0 Å². The first kappa shape index (κ1) is 16.8. The second-order valence-corrected chi connectivity index (χ2v) is 6.88. The number of nitrogens with one attached hydrogen (secondary N) is 1. The van der Waals surface area contributed by atoms with Gasteiger partial charge in [-0.25, -0.2) is 4.98 Å². The molecular weight excluding hydrogens is 294 g/mol. The molecule has 1 fully saturated rings. The summed E-state index contributed by atoms with van der Waals surface area (Å²) in [5, 5.41) is 13.0. The Morgan fingerprint density at radius 3 is 2.68 bits per heavy atom. The maximum Gasteiger partial charge on any atom is 0.230 e.